The Bertz CT molecular complexity index is 342. The Morgan fingerprint density at radius 3 is 2.73 bits per heavy atom. The van der Waals surface area contributed by atoms with Gasteiger partial charge in [0, 0.05) is 6.54 Å². The Morgan fingerprint density at radius 2 is 2.20 bits per heavy atom. The first-order chi connectivity index (χ1) is 7.27. The third kappa shape index (κ3) is 2.62. The lowest BCUT2D eigenvalue weighted by atomic mass is 10.2. The first-order valence-electron chi connectivity index (χ1n) is 4.89. The predicted octanol–water partition coefficient (Wildman–Crippen LogP) is 2.79. The Balaban J connectivity index is 1.81. The Morgan fingerprint density at radius 1 is 1.47 bits per heavy atom. The number of halogens is 1. The van der Waals surface area contributed by atoms with Crippen LogP contribution in [-0.2, 0) is 11.3 Å². The smallest absolute Gasteiger partial charge is 0.410 e. The maximum atomic E-state index is 11.5. The molecule has 1 unspecified atom stereocenters. The van der Waals surface area contributed by atoms with Gasteiger partial charge in [-0.2, -0.15) is 0 Å². The number of ether oxygens (including phenoxy) is 1. The summed E-state index contributed by atoms with van der Waals surface area (Å²) in [6.45, 7) is 1.18. The van der Waals surface area contributed by atoms with Crippen molar-refractivity contribution < 1.29 is 9.53 Å². The van der Waals surface area contributed by atoms with Crippen molar-refractivity contribution in [2.24, 2.45) is 0 Å². The average Bonchev–Trinajstić information content (AvgIpc) is 2.26. The summed E-state index contributed by atoms with van der Waals surface area (Å²) >= 11 is 2.25. The van der Waals surface area contributed by atoms with Crippen molar-refractivity contribution in [3.8, 4) is 0 Å². The topological polar surface area (TPSA) is 29.5 Å². The third-order valence-electron chi connectivity index (χ3n) is 2.39. The highest BCUT2D eigenvalue weighted by atomic mass is 127. The summed E-state index contributed by atoms with van der Waals surface area (Å²) < 4.78 is 5.50. The van der Waals surface area contributed by atoms with Gasteiger partial charge in [0.2, 0.25) is 0 Å². The minimum Gasteiger partial charge on any atom is -0.445 e. The summed E-state index contributed by atoms with van der Waals surface area (Å²) in [4.78, 5) is 13.2. The first kappa shape index (κ1) is 10.7. The zero-order valence-electron chi connectivity index (χ0n) is 8.23. The maximum absolute atomic E-state index is 11.5. The van der Waals surface area contributed by atoms with Crippen LogP contribution in [0.5, 0.6) is 0 Å². The number of amides is 1. The van der Waals surface area contributed by atoms with Crippen LogP contribution in [0.1, 0.15) is 12.0 Å². The largest absolute Gasteiger partial charge is 0.445 e. The Labute approximate surface area is 103 Å². The number of likely N-dealkylation sites (tertiary alicyclic amines) is 1. The number of carbonyl (C=O) groups excluding carboxylic acids is 1. The molecule has 0 N–H and O–H groups in total. The van der Waals surface area contributed by atoms with E-state index >= 15 is 0 Å². The van der Waals surface area contributed by atoms with E-state index < -0.39 is 0 Å². The molecule has 80 valence electrons. The van der Waals surface area contributed by atoms with Gasteiger partial charge in [-0.1, -0.05) is 52.9 Å². The molecule has 1 heterocycles. The normalized spacial score (nSPS) is 19.5. The number of alkyl halides is 1. The van der Waals surface area contributed by atoms with Gasteiger partial charge in [0.15, 0.2) is 0 Å². The van der Waals surface area contributed by atoms with Crippen LogP contribution in [0.2, 0.25) is 0 Å². The van der Waals surface area contributed by atoms with Crippen LogP contribution in [0.25, 0.3) is 0 Å². The van der Waals surface area contributed by atoms with Gasteiger partial charge in [0.25, 0.3) is 0 Å². The molecule has 1 atom stereocenters. The summed E-state index contributed by atoms with van der Waals surface area (Å²) in [7, 11) is 0. The number of benzene rings is 1. The van der Waals surface area contributed by atoms with Gasteiger partial charge >= 0.3 is 6.09 Å². The molecule has 1 aliphatic rings. The molecule has 3 nitrogen and oxygen atoms in total. The van der Waals surface area contributed by atoms with Gasteiger partial charge in [-0.25, -0.2) is 4.79 Å². The number of hydrogen-bond donors (Lipinski definition) is 0. The van der Waals surface area contributed by atoms with E-state index in [2.05, 4.69) is 22.6 Å². The summed E-state index contributed by atoms with van der Waals surface area (Å²) in [5, 5.41) is 0. The summed E-state index contributed by atoms with van der Waals surface area (Å²) in [5.41, 5.74) is 1.02. The molecule has 0 aromatic heterocycles. The summed E-state index contributed by atoms with van der Waals surface area (Å²) in [6.07, 6.45) is 0.866. The molecular weight excluding hydrogens is 305 g/mol. The molecule has 1 amide bonds. The van der Waals surface area contributed by atoms with E-state index in [1.165, 1.54) is 0 Å². The zero-order valence-corrected chi connectivity index (χ0v) is 10.4. The van der Waals surface area contributed by atoms with E-state index in [0.29, 0.717) is 10.7 Å². The van der Waals surface area contributed by atoms with Gasteiger partial charge in [-0.05, 0) is 12.0 Å². The van der Waals surface area contributed by atoms with Crippen molar-refractivity contribution >= 4 is 28.7 Å². The lowest BCUT2D eigenvalue weighted by Gasteiger charge is -2.35. The molecule has 0 saturated carbocycles. The van der Waals surface area contributed by atoms with Gasteiger partial charge in [0.05, 0.1) is 4.05 Å². The van der Waals surface area contributed by atoms with Crippen LogP contribution < -0.4 is 0 Å². The molecule has 4 heteroatoms. The fourth-order valence-electron chi connectivity index (χ4n) is 1.36. The minimum absolute atomic E-state index is 0.204. The highest BCUT2D eigenvalue weighted by molar-refractivity contribution is 14.1. The van der Waals surface area contributed by atoms with E-state index in [1.807, 2.05) is 30.3 Å². The van der Waals surface area contributed by atoms with E-state index in [1.54, 1.807) is 4.90 Å². The van der Waals surface area contributed by atoms with E-state index in [-0.39, 0.29) is 6.09 Å². The fourth-order valence-corrected chi connectivity index (χ4v) is 2.15. The van der Waals surface area contributed by atoms with Crippen molar-refractivity contribution in [2.75, 3.05) is 6.54 Å². The number of nitrogens with zero attached hydrogens (tertiary/aromatic N) is 1. The lowest BCUT2D eigenvalue weighted by Crippen LogP contribution is -2.47. The quantitative estimate of drug-likeness (QED) is 0.477. The molecule has 1 aromatic rings. The second kappa shape index (κ2) is 4.83. The molecule has 1 fully saturated rings. The average molecular weight is 317 g/mol. The first-order valence-corrected chi connectivity index (χ1v) is 6.13. The molecule has 0 spiro atoms. The molecule has 0 bridgehead atoms. The minimum atomic E-state index is -0.204. The van der Waals surface area contributed by atoms with E-state index in [4.69, 9.17) is 4.74 Å². The van der Waals surface area contributed by atoms with Crippen molar-refractivity contribution in [3.05, 3.63) is 35.9 Å². The number of carbonyl (C=O) groups is 1. The predicted molar refractivity (Wildman–Crippen MR) is 65.8 cm³/mol. The second-order valence-corrected chi connectivity index (χ2v) is 4.89. The Hall–Kier alpha value is -0.780. The van der Waals surface area contributed by atoms with Crippen molar-refractivity contribution in [2.45, 2.75) is 17.1 Å². The molecule has 15 heavy (non-hydrogen) atoms. The molecule has 1 saturated heterocycles. The van der Waals surface area contributed by atoms with Crippen LogP contribution in [-0.4, -0.2) is 21.6 Å². The molecule has 0 radical (unpaired) electrons. The molecule has 0 aliphatic carbocycles. The van der Waals surface area contributed by atoms with Crippen molar-refractivity contribution in [3.63, 3.8) is 0 Å². The van der Waals surface area contributed by atoms with Crippen LogP contribution in [0.3, 0.4) is 0 Å². The summed E-state index contributed by atoms with van der Waals surface area (Å²) in [6, 6.07) is 9.72. The van der Waals surface area contributed by atoms with Crippen LogP contribution in [0, 0.1) is 0 Å². The lowest BCUT2D eigenvalue weighted by molar-refractivity contribution is 0.0712. The SMILES string of the molecule is O=C(OCc1ccccc1)N1CCC1I. The van der Waals surface area contributed by atoms with Gasteiger partial charge in [0.1, 0.15) is 6.61 Å². The highest BCUT2D eigenvalue weighted by Gasteiger charge is 2.30. The van der Waals surface area contributed by atoms with Gasteiger partial charge in [-0.3, -0.25) is 4.90 Å². The third-order valence-corrected chi connectivity index (χ3v) is 3.68. The molecule has 1 aliphatic heterocycles. The van der Waals surface area contributed by atoms with E-state index in [0.717, 1.165) is 18.5 Å². The zero-order chi connectivity index (χ0) is 10.7. The molecular formula is C11H12INO2. The van der Waals surface area contributed by atoms with Gasteiger partial charge in [-0.15, -0.1) is 0 Å². The van der Waals surface area contributed by atoms with Crippen LogP contribution in [0.15, 0.2) is 30.3 Å². The van der Waals surface area contributed by atoms with Crippen LogP contribution >= 0.6 is 22.6 Å². The highest BCUT2D eigenvalue weighted by Crippen LogP contribution is 2.24. The molecule has 2 rings (SSSR count). The second-order valence-electron chi connectivity index (χ2n) is 3.46. The Kier molecular flexibility index (Phi) is 3.45. The number of rotatable bonds is 2. The number of hydrogen-bond acceptors (Lipinski definition) is 2. The van der Waals surface area contributed by atoms with Crippen molar-refractivity contribution in [1.29, 1.82) is 0 Å². The maximum Gasteiger partial charge on any atom is 0.410 e. The summed E-state index contributed by atoms with van der Waals surface area (Å²) in [5.74, 6) is 0. The van der Waals surface area contributed by atoms with E-state index in [9.17, 15) is 4.79 Å². The monoisotopic (exact) mass is 317 g/mol. The standard InChI is InChI=1S/C11H12INO2/c12-10-6-7-13(10)11(14)15-8-9-4-2-1-3-5-9/h1-5,10H,6-8H2. The molecule has 1 aromatic carbocycles. The fraction of sp³-hybridized carbons (Fsp3) is 0.364. The van der Waals surface area contributed by atoms with Gasteiger partial charge < -0.3 is 4.74 Å². The van der Waals surface area contributed by atoms with Crippen molar-refractivity contribution in [1.82, 2.24) is 4.90 Å². The van der Waals surface area contributed by atoms with Crippen LogP contribution in [0.4, 0.5) is 4.79 Å².